The highest BCUT2D eigenvalue weighted by molar-refractivity contribution is 5.94. The van der Waals surface area contributed by atoms with E-state index in [9.17, 15) is 4.79 Å². The highest BCUT2D eigenvalue weighted by Crippen LogP contribution is 2.31. The third-order valence-corrected chi connectivity index (χ3v) is 5.51. The van der Waals surface area contributed by atoms with Gasteiger partial charge in [0.05, 0.1) is 12.3 Å². The molecule has 0 aromatic carbocycles. The Morgan fingerprint density at radius 3 is 2.65 bits per heavy atom. The van der Waals surface area contributed by atoms with Crippen molar-refractivity contribution in [2.45, 2.75) is 26.4 Å². The van der Waals surface area contributed by atoms with Crippen LogP contribution >= 0.6 is 0 Å². The van der Waals surface area contributed by atoms with Gasteiger partial charge in [-0.3, -0.25) is 4.98 Å². The summed E-state index contributed by atoms with van der Waals surface area (Å²) in [5, 5.41) is 5.32. The molecule has 0 bridgehead atoms. The van der Waals surface area contributed by atoms with Crippen molar-refractivity contribution in [3.63, 3.8) is 0 Å². The number of ether oxygens (including phenoxy) is 2. The minimum atomic E-state index is -0.505. The molecule has 0 unspecified atom stereocenters. The molecule has 1 N–H and O–H groups in total. The lowest BCUT2D eigenvalue weighted by Crippen LogP contribution is -2.50. The maximum Gasteiger partial charge on any atom is 0.410 e. The van der Waals surface area contributed by atoms with E-state index in [1.54, 1.807) is 24.4 Å². The molecule has 1 saturated heterocycles. The number of nitrogens with one attached hydrogen (secondary N) is 1. The van der Waals surface area contributed by atoms with Crippen LogP contribution in [0.25, 0.3) is 22.0 Å². The van der Waals surface area contributed by atoms with Gasteiger partial charge in [0.25, 0.3) is 0 Å². The van der Waals surface area contributed by atoms with E-state index in [0.717, 1.165) is 33.7 Å². The Balaban J connectivity index is 1.58. The van der Waals surface area contributed by atoms with Crippen molar-refractivity contribution >= 4 is 28.5 Å². The van der Waals surface area contributed by atoms with Gasteiger partial charge < -0.3 is 24.6 Å². The van der Waals surface area contributed by atoms with Crippen molar-refractivity contribution in [1.29, 1.82) is 0 Å². The molecule has 0 spiro atoms. The average Bonchev–Trinajstić information content (AvgIpc) is 2.83. The van der Waals surface area contributed by atoms with Gasteiger partial charge in [-0.2, -0.15) is 0 Å². The molecule has 3 aromatic heterocycles. The maximum absolute atomic E-state index is 12.5. The summed E-state index contributed by atoms with van der Waals surface area (Å²) in [6.45, 7) is 9.44. The van der Waals surface area contributed by atoms with Crippen molar-refractivity contribution in [3.05, 3.63) is 42.9 Å². The van der Waals surface area contributed by atoms with Crippen LogP contribution in [-0.4, -0.2) is 78.0 Å². The largest absolute Gasteiger partial charge is 0.444 e. The number of hydrogen-bond acceptors (Lipinski definition) is 8. The van der Waals surface area contributed by atoms with Crippen molar-refractivity contribution in [2.75, 3.05) is 56.7 Å². The molecule has 4 heterocycles. The molecule has 4 rings (SSSR count). The molecule has 1 aliphatic heterocycles. The summed E-state index contributed by atoms with van der Waals surface area (Å²) in [5.41, 5.74) is 1.31. The fraction of sp³-hybridized carbons (Fsp3) is 0.440. The van der Waals surface area contributed by atoms with E-state index < -0.39 is 5.60 Å². The Morgan fingerprint density at radius 1 is 1.12 bits per heavy atom. The van der Waals surface area contributed by atoms with Gasteiger partial charge in [0.1, 0.15) is 17.2 Å². The number of carbonyl (C=O) groups is 1. The highest BCUT2D eigenvalue weighted by Gasteiger charge is 2.27. The predicted molar refractivity (Wildman–Crippen MR) is 133 cm³/mol. The summed E-state index contributed by atoms with van der Waals surface area (Å²) < 4.78 is 10.6. The van der Waals surface area contributed by atoms with Gasteiger partial charge in [-0.1, -0.05) is 0 Å². The summed E-state index contributed by atoms with van der Waals surface area (Å²) in [6, 6.07) is 7.99. The second kappa shape index (κ2) is 10.2. The van der Waals surface area contributed by atoms with E-state index in [1.807, 2.05) is 45.2 Å². The van der Waals surface area contributed by atoms with Gasteiger partial charge in [0.15, 0.2) is 0 Å². The quantitative estimate of drug-likeness (QED) is 0.551. The van der Waals surface area contributed by atoms with Gasteiger partial charge in [0, 0.05) is 74.8 Å². The zero-order valence-corrected chi connectivity index (χ0v) is 20.2. The molecule has 1 aliphatic rings. The van der Waals surface area contributed by atoms with Crippen LogP contribution in [0.4, 0.5) is 16.4 Å². The van der Waals surface area contributed by atoms with Crippen LogP contribution in [0.15, 0.2) is 42.9 Å². The van der Waals surface area contributed by atoms with Crippen molar-refractivity contribution in [3.8, 4) is 11.3 Å². The number of fused-ring (bicyclic) bond motifs is 1. The summed E-state index contributed by atoms with van der Waals surface area (Å²) in [7, 11) is 1.67. The van der Waals surface area contributed by atoms with Crippen molar-refractivity contribution in [2.24, 2.45) is 0 Å². The van der Waals surface area contributed by atoms with Crippen LogP contribution in [0.5, 0.6) is 0 Å². The van der Waals surface area contributed by atoms with Gasteiger partial charge >= 0.3 is 6.09 Å². The minimum absolute atomic E-state index is 0.270. The zero-order chi connectivity index (χ0) is 24.1. The molecule has 180 valence electrons. The van der Waals surface area contributed by atoms with Gasteiger partial charge in [-0.25, -0.2) is 14.8 Å². The van der Waals surface area contributed by atoms with E-state index in [0.29, 0.717) is 39.3 Å². The molecule has 1 amide bonds. The van der Waals surface area contributed by atoms with E-state index in [4.69, 9.17) is 14.5 Å². The predicted octanol–water partition coefficient (Wildman–Crippen LogP) is 3.81. The van der Waals surface area contributed by atoms with Crippen LogP contribution in [0.2, 0.25) is 0 Å². The molecule has 0 atom stereocenters. The average molecular weight is 465 g/mol. The number of methoxy groups -OCH3 is 1. The number of hydrogen-bond donors (Lipinski definition) is 1. The Kier molecular flexibility index (Phi) is 7.12. The van der Waals surface area contributed by atoms with Gasteiger partial charge in [-0.05, 0) is 45.0 Å². The zero-order valence-electron chi connectivity index (χ0n) is 20.2. The molecular formula is C25H32N6O3. The molecule has 0 saturated carbocycles. The fourth-order valence-electron chi connectivity index (χ4n) is 3.86. The third kappa shape index (κ3) is 5.72. The molecule has 3 aromatic rings. The number of aromatic nitrogens is 3. The van der Waals surface area contributed by atoms with E-state index >= 15 is 0 Å². The molecule has 34 heavy (non-hydrogen) atoms. The topological polar surface area (TPSA) is 92.7 Å². The second-order valence-corrected chi connectivity index (χ2v) is 9.23. The number of pyridine rings is 3. The van der Waals surface area contributed by atoms with E-state index in [1.165, 1.54) is 0 Å². The number of carbonyl (C=O) groups excluding carboxylic acids is 1. The minimum Gasteiger partial charge on any atom is -0.444 e. The lowest BCUT2D eigenvalue weighted by Gasteiger charge is -2.36. The summed E-state index contributed by atoms with van der Waals surface area (Å²) in [6.07, 6.45) is 5.15. The molecule has 0 radical (unpaired) electrons. The Bertz CT molecular complexity index is 1140. The summed E-state index contributed by atoms with van der Waals surface area (Å²) in [4.78, 5) is 30.2. The first kappa shape index (κ1) is 23.7. The second-order valence-electron chi connectivity index (χ2n) is 9.23. The normalized spacial score (nSPS) is 14.4. The van der Waals surface area contributed by atoms with Gasteiger partial charge in [-0.15, -0.1) is 0 Å². The first-order chi connectivity index (χ1) is 16.3. The fourth-order valence-corrected chi connectivity index (χ4v) is 3.86. The monoisotopic (exact) mass is 464 g/mol. The van der Waals surface area contributed by atoms with Gasteiger partial charge in [0.2, 0.25) is 0 Å². The van der Waals surface area contributed by atoms with Crippen LogP contribution in [0.3, 0.4) is 0 Å². The van der Waals surface area contributed by atoms with Crippen LogP contribution < -0.4 is 10.2 Å². The third-order valence-electron chi connectivity index (χ3n) is 5.51. The molecule has 0 aliphatic carbocycles. The Labute approximate surface area is 200 Å². The van der Waals surface area contributed by atoms with Crippen LogP contribution in [0.1, 0.15) is 20.8 Å². The van der Waals surface area contributed by atoms with Crippen LogP contribution in [-0.2, 0) is 9.47 Å². The lowest BCUT2D eigenvalue weighted by atomic mass is 10.1. The number of nitrogens with zero attached hydrogens (tertiary/aromatic N) is 5. The lowest BCUT2D eigenvalue weighted by molar-refractivity contribution is 0.0240. The summed E-state index contributed by atoms with van der Waals surface area (Å²) >= 11 is 0. The molecule has 9 nitrogen and oxygen atoms in total. The maximum atomic E-state index is 12.5. The number of anilines is 2. The first-order valence-corrected chi connectivity index (χ1v) is 11.5. The number of amides is 1. The standard InChI is InChI=1S/C25H32N6O3/c1-25(2,3)34-24(32)31-12-10-30(11-13-31)23-20-6-7-26-17-19(20)15-21(29-23)18-5-8-27-22(16-18)28-9-14-33-4/h5-8,15-17H,9-14H2,1-4H3,(H,27,28). The Hall–Kier alpha value is -3.46. The smallest absolute Gasteiger partial charge is 0.410 e. The molecule has 9 heteroatoms. The molecule has 1 fully saturated rings. The van der Waals surface area contributed by atoms with Crippen LogP contribution in [0, 0.1) is 0 Å². The SMILES string of the molecule is COCCNc1cc(-c2cc3cnccc3c(N3CCN(C(=O)OC(C)(C)C)CC3)n2)ccn1. The van der Waals surface area contributed by atoms with Crippen molar-refractivity contribution in [1.82, 2.24) is 19.9 Å². The first-order valence-electron chi connectivity index (χ1n) is 11.5. The highest BCUT2D eigenvalue weighted by atomic mass is 16.6. The van der Waals surface area contributed by atoms with Crippen molar-refractivity contribution < 1.29 is 14.3 Å². The Morgan fingerprint density at radius 2 is 1.91 bits per heavy atom. The number of rotatable bonds is 6. The summed E-state index contributed by atoms with van der Waals surface area (Å²) in [5.74, 6) is 1.67. The molecular weight excluding hydrogens is 432 g/mol. The number of piperazine rings is 1. The van der Waals surface area contributed by atoms with E-state index in [-0.39, 0.29) is 6.09 Å². The van der Waals surface area contributed by atoms with E-state index in [2.05, 4.69) is 26.3 Å².